The monoisotopic (exact) mass is 489 g/mol. The molecule has 0 radical (unpaired) electrons. The van der Waals surface area contributed by atoms with Gasteiger partial charge in [0.25, 0.3) is 20.2 Å². The van der Waals surface area contributed by atoms with Gasteiger partial charge in [0.2, 0.25) is 0 Å². The molecule has 0 aliphatic heterocycles. The zero-order valence-corrected chi connectivity index (χ0v) is 18.8. The van der Waals surface area contributed by atoms with E-state index in [0.717, 1.165) is 12.1 Å². The molecule has 0 saturated carbocycles. The first-order valence-electron chi connectivity index (χ1n) is 9.20. The average Bonchev–Trinajstić information content (AvgIpc) is 2.76. The lowest BCUT2D eigenvalue weighted by Gasteiger charge is -2.06. The summed E-state index contributed by atoms with van der Waals surface area (Å²) in [4.78, 5) is -0.911. The number of anilines is 1. The van der Waals surface area contributed by atoms with Crippen LogP contribution in [0, 0.1) is 0 Å². The minimum Gasteiger partial charge on any atom is -0.497 e. The van der Waals surface area contributed by atoms with Gasteiger partial charge in [-0.2, -0.15) is 27.1 Å². The van der Waals surface area contributed by atoms with E-state index >= 15 is 0 Å². The van der Waals surface area contributed by atoms with Crippen LogP contribution >= 0.6 is 0 Å². The van der Waals surface area contributed by atoms with Gasteiger partial charge in [-0.3, -0.25) is 9.11 Å². The van der Waals surface area contributed by atoms with Crippen LogP contribution in [0.3, 0.4) is 0 Å². The SMILES string of the molecule is COc1ccc(/N=N/c2ccc(/C=C/c3ccc(N)cc3S(=O)(=O)O)c(S(=O)(=O)O)c2)cc1. The van der Waals surface area contributed by atoms with Crippen molar-refractivity contribution >= 4 is 49.5 Å². The van der Waals surface area contributed by atoms with Crippen LogP contribution in [-0.4, -0.2) is 33.1 Å². The van der Waals surface area contributed by atoms with Crippen molar-refractivity contribution in [3.8, 4) is 5.75 Å². The Hall–Kier alpha value is -3.58. The second-order valence-corrected chi connectivity index (χ2v) is 9.48. The third-order valence-electron chi connectivity index (χ3n) is 4.39. The van der Waals surface area contributed by atoms with Crippen LogP contribution in [0.15, 0.2) is 80.7 Å². The van der Waals surface area contributed by atoms with Gasteiger partial charge in [-0.15, -0.1) is 0 Å². The number of azo groups is 1. The molecule has 4 N–H and O–H groups in total. The fourth-order valence-corrected chi connectivity index (χ4v) is 4.22. The van der Waals surface area contributed by atoms with Crippen LogP contribution in [0.5, 0.6) is 5.75 Å². The van der Waals surface area contributed by atoms with Gasteiger partial charge in [0.05, 0.1) is 18.5 Å². The predicted molar refractivity (Wildman–Crippen MR) is 123 cm³/mol. The highest BCUT2D eigenvalue weighted by molar-refractivity contribution is 7.86. The average molecular weight is 490 g/mol. The normalized spacial score (nSPS) is 12.5. The van der Waals surface area contributed by atoms with E-state index in [1.165, 1.54) is 43.5 Å². The number of hydrogen-bond donors (Lipinski definition) is 3. The fourth-order valence-electron chi connectivity index (χ4n) is 2.80. The van der Waals surface area contributed by atoms with Crippen molar-refractivity contribution in [1.29, 1.82) is 0 Å². The summed E-state index contributed by atoms with van der Waals surface area (Å²) >= 11 is 0. The lowest BCUT2D eigenvalue weighted by Crippen LogP contribution is -2.02. The molecule has 0 saturated heterocycles. The lowest BCUT2D eigenvalue weighted by atomic mass is 10.1. The molecule has 3 aromatic carbocycles. The maximum atomic E-state index is 11.9. The molecular formula is C21H19N3O7S2. The van der Waals surface area contributed by atoms with Crippen molar-refractivity contribution in [1.82, 2.24) is 0 Å². The first-order valence-corrected chi connectivity index (χ1v) is 12.1. The van der Waals surface area contributed by atoms with Gasteiger partial charge in [0.1, 0.15) is 15.5 Å². The number of hydrogen-bond acceptors (Lipinski definition) is 8. The van der Waals surface area contributed by atoms with E-state index in [1.807, 2.05) is 0 Å². The molecular weight excluding hydrogens is 470 g/mol. The summed E-state index contributed by atoms with van der Waals surface area (Å²) in [6.45, 7) is 0. The molecule has 33 heavy (non-hydrogen) atoms. The smallest absolute Gasteiger partial charge is 0.295 e. The Morgan fingerprint density at radius 3 is 1.79 bits per heavy atom. The summed E-state index contributed by atoms with van der Waals surface area (Å²) in [6.07, 6.45) is 2.54. The molecule has 0 amide bonds. The van der Waals surface area contributed by atoms with Crippen molar-refractivity contribution in [2.75, 3.05) is 12.8 Å². The maximum Gasteiger partial charge on any atom is 0.295 e. The van der Waals surface area contributed by atoms with Crippen molar-refractivity contribution in [2.24, 2.45) is 10.2 Å². The summed E-state index contributed by atoms with van der Waals surface area (Å²) in [5.74, 6) is 0.636. The minimum absolute atomic E-state index is 0.0546. The Kier molecular flexibility index (Phi) is 6.93. The molecule has 0 aliphatic rings. The number of nitrogen functional groups attached to an aromatic ring is 1. The van der Waals surface area contributed by atoms with Crippen molar-refractivity contribution in [3.63, 3.8) is 0 Å². The van der Waals surface area contributed by atoms with E-state index < -0.39 is 30.0 Å². The molecule has 0 heterocycles. The van der Waals surface area contributed by atoms with E-state index in [1.54, 1.807) is 24.3 Å². The van der Waals surface area contributed by atoms with E-state index in [-0.39, 0.29) is 22.5 Å². The fraction of sp³-hybridized carbons (Fsp3) is 0.0476. The van der Waals surface area contributed by atoms with Crippen LogP contribution < -0.4 is 10.5 Å². The van der Waals surface area contributed by atoms with Crippen LogP contribution in [0.25, 0.3) is 12.2 Å². The summed E-state index contributed by atoms with van der Waals surface area (Å²) < 4.78 is 71.2. The Morgan fingerprint density at radius 2 is 1.24 bits per heavy atom. The van der Waals surface area contributed by atoms with E-state index in [4.69, 9.17) is 10.5 Å². The summed E-state index contributed by atoms with van der Waals surface area (Å²) in [5, 5.41) is 7.99. The first kappa shape index (κ1) is 24.1. The molecule has 3 rings (SSSR count). The highest BCUT2D eigenvalue weighted by Crippen LogP contribution is 2.28. The highest BCUT2D eigenvalue weighted by Gasteiger charge is 2.17. The Bertz CT molecular complexity index is 1450. The highest BCUT2D eigenvalue weighted by atomic mass is 32.2. The van der Waals surface area contributed by atoms with Crippen LogP contribution in [0.2, 0.25) is 0 Å². The zero-order valence-electron chi connectivity index (χ0n) is 17.2. The zero-order chi connectivity index (χ0) is 24.2. The van der Waals surface area contributed by atoms with Crippen LogP contribution in [-0.2, 0) is 20.2 Å². The molecule has 0 aromatic heterocycles. The molecule has 0 bridgehead atoms. The molecule has 10 nitrogen and oxygen atoms in total. The van der Waals surface area contributed by atoms with Gasteiger partial charge in [0, 0.05) is 5.69 Å². The maximum absolute atomic E-state index is 11.9. The third kappa shape index (κ3) is 6.23. The van der Waals surface area contributed by atoms with Gasteiger partial charge >= 0.3 is 0 Å². The molecule has 172 valence electrons. The van der Waals surface area contributed by atoms with E-state index in [9.17, 15) is 25.9 Å². The number of nitrogens with two attached hydrogens (primary N) is 1. The largest absolute Gasteiger partial charge is 0.497 e. The molecule has 0 spiro atoms. The Morgan fingerprint density at radius 1 is 0.758 bits per heavy atom. The number of rotatable bonds is 7. The molecule has 12 heteroatoms. The number of methoxy groups -OCH3 is 1. The quantitative estimate of drug-likeness (QED) is 0.190. The van der Waals surface area contributed by atoms with Crippen LogP contribution in [0.1, 0.15) is 11.1 Å². The number of benzene rings is 3. The van der Waals surface area contributed by atoms with Gasteiger partial charge in [0.15, 0.2) is 0 Å². The minimum atomic E-state index is -4.65. The Labute approximate surface area is 190 Å². The van der Waals surface area contributed by atoms with E-state index in [2.05, 4.69) is 10.2 Å². The van der Waals surface area contributed by atoms with Gasteiger partial charge in [-0.05, 0) is 59.7 Å². The molecule has 0 unspecified atom stereocenters. The topological polar surface area (TPSA) is 169 Å². The van der Waals surface area contributed by atoms with E-state index in [0.29, 0.717) is 11.4 Å². The number of ether oxygens (including phenoxy) is 1. The molecule has 0 aliphatic carbocycles. The summed E-state index contributed by atoms with van der Waals surface area (Å²) in [7, 11) is -7.70. The van der Waals surface area contributed by atoms with Crippen molar-refractivity contribution in [3.05, 3.63) is 71.8 Å². The second kappa shape index (κ2) is 9.50. The van der Waals surface area contributed by atoms with Gasteiger partial charge in [-0.1, -0.05) is 24.3 Å². The third-order valence-corrected chi connectivity index (χ3v) is 6.21. The summed E-state index contributed by atoms with van der Waals surface area (Å²) in [5.41, 5.74) is 6.46. The van der Waals surface area contributed by atoms with Gasteiger partial charge < -0.3 is 10.5 Å². The second-order valence-electron chi connectivity index (χ2n) is 6.70. The lowest BCUT2D eigenvalue weighted by molar-refractivity contribution is 0.415. The summed E-state index contributed by atoms with van der Waals surface area (Å²) in [6, 6.07) is 14.5. The Balaban J connectivity index is 1.98. The standard InChI is InChI=1S/C21H19N3O7S2/c1-31-19-10-8-17(9-11-19)23-24-18-7-5-15(21(13-18)33(28,29)30)3-2-14-4-6-16(22)12-20(14)32(25,26)27/h2-13H,22H2,1H3,(H,25,26,27)(H,28,29,30)/b3-2+,24-23+. The number of nitrogens with zero attached hydrogens (tertiary/aromatic N) is 2. The molecule has 3 aromatic rings. The predicted octanol–water partition coefficient (Wildman–Crippen LogP) is 4.36. The van der Waals surface area contributed by atoms with Crippen molar-refractivity contribution < 1.29 is 30.7 Å². The van der Waals surface area contributed by atoms with Gasteiger partial charge in [-0.25, -0.2) is 0 Å². The molecule has 0 atom stereocenters. The van der Waals surface area contributed by atoms with Crippen molar-refractivity contribution in [2.45, 2.75) is 9.79 Å². The first-order chi connectivity index (χ1) is 15.5. The molecule has 0 fully saturated rings. The van der Waals surface area contributed by atoms with Crippen LogP contribution in [0.4, 0.5) is 17.1 Å².